The molecule has 9 nitrogen and oxygen atoms in total. The van der Waals surface area contributed by atoms with Gasteiger partial charge in [0.1, 0.15) is 4.90 Å². The van der Waals surface area contributed by atoms with Gasteiger partial charge in [0, 0.05) is 17.6 Å². The van der Waals surface area contributed by atoms with Crippen molar-refractivity contribution in [1.82, 2.24) is 4.72 Å². The third-order valence-corrected chi connectivity index (χ3v) is 9.66. The molecule has 13 heteroatoms. The van der Waals surface area contributed by atoms with Crippen LogP contribution in [0.4, 0.5) is 5.69 Å². The van der Waals surface area contributed by atoms with Gasteiger partial charge < -0.3 is 5.32 Å². The second kappa shape index (κ2) is 9.12. The van der Waals surface area contributed by atoms with E-state index < -0.39 is 40.0 Å². The molecular weight excluding hydrogens is 498 g/mol. The van der Waals surface area contributed by atoms with Crippen molar-refractivity contribution in [2.45, 2.75) is 38.8 Å². The number of primary sulfonamides is 1. The molecule has 32 heavy (non-hydrogen) atoms. The van der Waals surface area contributed by atoms with Gasteiger partial charge in [0.15, 0.2) is 9.84 Å². The lowest BCUT2D eigenvalue weighted by Gasteiger charge is -2.36. The molecule has 0 aromatic heterocycles. The molecule has 0 heterocycles. The molecule has 0 amide bonds. The van der Waals surface area contributed by atoms with Crippen molar-refractivity contribution in [2.75, 3.05) is 11.9 Å². The molecule has 4 N–H and O–H groups in total. The van der Waals surface area contributed by atoms with Gasteiger partial charge in [0.25, 0.3) is 0 Å². The van der Waals surface area contributed by atoms with Crippen LogP contribution in [0.5, 0.6) is 0 Å². The van der Waals surface area contributed by atoms with E-state index in [0.717, 1.165) is 6.07 Å². The Morgan fingerprint density at radius 3 is 2.19 bits per heavy atom. The van der Waals surface area contributed by atoms with Crippen molar-refractivity contribution >= 4 is 47.2 Å². The van der Waals surface area contributed by atoms with E-state index in [0.29, 0.717) is 0 Å². The zero-order chi connectivity index (χ0) is 23.7. The van der Waals surface area contributed by atoms with Crippen molar-refractivity contribution < 1.29 is 25.3 Å². The highest BCUT2D eigenvalue weighted by atomic mass is 35.5. The average molecular weight is 520 g/mol. The van der Waals surface area contributed by atoms with Crippen molar-refractivity contribution in [1.29, 1.82) is 0 Å². The molecule has 0 bridgehead atoms. The molecule has 2 aromatic carbocycles. The molecule has 0 saturated heterocycles. The number of nitrogens with one attached hydrogen (secondary N) is 2. The third kappa shape index (κ3) is 5.50. The molecule has 1 aliphatic rings. The Bertz CT molecular complexity index is 1340. The number of sulfonamides is 2. The molecule has 174 valence electrons. The predicted molar refractivity (Wildman–Crippen MR) is 122 cm³/mol. The summed E-state index contributed by atoms with van der Waals surface area (Å²) in [6.07, 6.45) is 0.529. The summed E-state index contributed by atoms with van der Waals surface area (Å²) in [6.45, 7) is 3.16. The van der Waals surface area contributed by atoms with Gasteiger partial charge in [0.2, 0.25) is 20.0 Å². The molecule has 3 rings (SSSR count). The summed E-state index contributed by atoms with van der Waals surface area (Å²) in [5.74, 6) is 0. The van der Waals surface area contributed by atoms with Gasteiger partial charge in [-0.3, -0.25) is 0 Å². The highest BCUT2D eigenvalue weighted by Gasteiger charge is 2.40. The number of nitrogens with two attached hydrogens (primary N) is 1. The summed E-state index contributed by atoms with van der Waals surface area (Å²) < 4.78 is 76.4. The van der Waals surface area contributed by atoms with Crippen molar-refractivity contribution in [3.63, 3.8) is 0 Å². The van der Waals surface area contributed by atoms with Gasteiger partial charge in [0.05, 0.1) is 20.7 Å². The molecule has 0 unspecified atom stereocenters. The quantitative estimate of drug-likeness (QED) is 0.456. The van der Waals surface area contributed by atoms with Crippen LogP contribution in [-0.2, 0) is 29.9 Å². The van der Waals surface area contributed by atoms with Crippen LogP contribution >= 0.6 is 11.6 Å². The number of sulfone groups is 1. The maximum atomic E-state index is 12.7. The fraction of sp³-hybridized carbons (Fsp3) is 0.263. The van der Waals surface area contributed by atoms with Crippen LogP contribution in [0.15, 0.2) is 74.8 Å². The first-order valence-electron chi connectivity index (χ1n) is 9.36. The first-order chi connectivity index (χ1) is 14.8. The SMILES string of the molecule is C=C(Cl)CNS(=O)(=O)c1ccc(NC2CC(S(=O)(=O)c3ccccc3)C2)c(S(N)(=O)=O)c1. The van der Waals surface area contributed by atoms with Crippen molar-refractivity contribution in [2.24, 2.45) is 5.14 Å². The van der Waals surface area contributed by atoms with E-state index in [4.69, 9.17) is 16.7 Å². The summed E-state index contributed by atoms with van der Waals surface area (Å²) in [4.78, 5) is -0.502. The lowest BCUT2D eigenvalue weighted by Crippen LogP contribution is -2.44. The Morgan fingerprint density at radius 1 is 1.00 bits per heavy atom. The van der Waals surface area contributed by atoms with Crippen LogP contribution in [0.25, 0.3) is 0 Å². The second-order valence-corrected chi connectivity index (χ2v) is 13.4. The molecule has 1 aliphatic carbocycles. The second-order valence-electron chi connectivity index (χ2n) is 7.34. The number of benzene rings is 2. The largest absolute Gasteiger partial charge is 0.381 e. The van der Waals surface area contributed by atoms with Gasteiger partial charge >= 0.3 is 0 Å². The van der Waals surface area contributed by atoms with Crippen molar-refractivity contribution in [3.05, 3.63) is 60.1 Å². The van der Waals surface area contributed by atoms with Crippen LogP contribution in [0.2, 0.25) is 0 Å². The number of anilines is 1. The van der Waals surface area contributed by atoms with Crippen LogP contribution in [-0.4, -0.2) is 43.1 Å². The van der Waals surface area contributed by atoms with E-state index in [9.17, 15) is 25.3 Å². The van der Waals surface area contributed by atoms with Gasteiger partial charge in [-0.2, -0.15) is 0 Å². The zero-order valence-corrected chi connectivity index (χ0v) is 19.9. The summed E-state index contributed by atoms with van der Waals surface area (Å²) in [6, 6.07) is 11.2. The van der Waals surface area contributed by atoms with Crippen LogP contribution in [0, 0.1) is 0 Å². The summed E-state index contributed by atoms with van der Waals surface area (Å²) in [7, 11) is -11.8. The van der Waals surface area contributed by atoms with Gasteiger partial charge in [-0.1, -0.05) is 36.4 Å². The molecule has 0 radical (unpaired) electrons. The number of halogens is 1. The number of hydrogen-bond acceptors (Lipinski definition) is 7. The minimum absolute atomic E-state index is 0.0588. The van der Waals surface area contributed by atoms with Crippen molar-refractivity contribution in [3.8, 4) is 0 Å². The predicted octanol–water partition coefficient (Wildman–Crippen LogP) is 1.78. The first kappa shape index (κ1) is 24.7. The Labute approximate surface area is 192 Å². The van der Waals surface area contributed by atoms with E-state index in [1.165, 1.54) is 24.3 Å². The number of hydrogen-bond donors (Lipinski definition) is 3. The lowest BCUT2D eigenvalue weighted by atomic mass is 9.92. The van der Waals surface area contributed by atoms with E-state index in [1.807, 2.05) is 0 Å². The Hall–Kier alpha value is -1.96. The normalized spacial score (nSPS) is 19.2. The van der Waals surface area contributed by atoms with E-state index in [1.54, 1.807) is 18.2 Å². The summed E-state index contributed by atoms with van der Waals surface area (Å²) in [5, 5.41) is 7.70. The summed E-state index contributed by atoms with van der Waals surface area (Å²) >= 11 is 5.57. The van der Waals surface area contributed by atoms with E-state index >= 15 is 0 Å². The van der Waals surface area contributed by atoms with Crippen LogP contribution in [0.3, 0.4) is 0 Å². The molecule has 0 atom stereocenters. The first-order valence-corrected chi connectivity index (χ1v) is 14.3. The van der Waals surface area contributed by atoms with Gasteiger partial charge in [-0.05, 0) is 43.2 Å². The zero-order valence-electron chi connectivity index (χ0n) is 16.7. The average Bonchev–Trinajstić information content (AvgIpc) is 2.68. The topological polar surface area (TPSA) is 152 Å². The van der Waals surface area contributed by atoms with Crippen LogP contribution in [0.1, 0.15) is 12.8 Å². The molecular formula is C19H22ClN3O6S3. The minimum atomic E-state index is -4.28. The maximum absolute atomic E-state index is 12.7. The third-order valence-electron chi connectivity index (χ3n) is 4.99. The molecule has 1 fully saturated rings. The Morgan fingerprint density at radius 2 is 1.62 bits per heavy atom. The lowest BCUT2D eigenvalue weighted by molar-refractivity contribution is 0.431. The van der Waals surface area contributed by atoms with E-state index in [-0.39, 0.29) is 45.9 Å². The molecule has 0 aliphatic heterocycles. The molecule has 2 aromatic rings. The number of rotatable bonds is 9. The minimum Gasteiger partial charge on any atom is -0.381 e. The fourth-order valence-electron chi connectivity index (χ4n) is 3.24. The summed E-state index contributed by atoms with van der Waals surface area (Å²) in [5.41, 5.74) is 0.0914. The van der Waals surface area contributed by atoms with Crippen LogP contribution < -0.4 is 15.2 Å². The standard InChI is InChI=1S/C19H22ClN3O6S3/c1-13(20)12-22-32(28,29)16-7-8-18(19(11-16)31(21,26)27)23-14-9-17(10-14)30(24,25)15-5-3-2-4-6-15/h2-8,11,14,17,22-23H,1,9-10,12H2,(H2,21,26,27). The smallest absolute Gasteiger partial charge is 0.240 e. The maximum Gasteiger partial charge on any atom is 0.240 e. The van der Waals surface area contributed by atoms with Gasteiger partial charge in [-0.15, -0.1) is 0 Å². The Kier molecular flexibility index (Phi) is 7.03. The van der Waals surface area contributed by atoms with E-state index in [2.05, 4.69) is 16.6 Å². The highest BCUT2D eigenvalue weighted by Crippen LogP contribution is 2.35. The van der Waals surface area contributed by atoms with Gasteiger partial charge in [-0.25, -0.2) is 35.1 Å². The molecule has 0 spiro atoms. The fourth-order valence-corrected chi connectivity index (χ4v) is 7.13. The Balaban J connectivity index is 1.79. The molecule has 1 saturated carbocycles. The highest BCUT2D eigenvalue weighted by molar-refractivity contribution is 7.92. The monoisotopic (exact) mass is 519 g/mol.